The molecule has 0 aromatic carbocycles. The van der Waals surface area contributed by atoms with Gasteiger partial charge in [0.05, 0.1) is 25.4 Å². The molecule has 32 unspecified atom stereocenters. The van der Waals surface area contributed by atoms with Crippen LogP contribution in [0.5, 0.6) is 0 Å². The van der Waals surface area contributed by atoms with Gasteiger partial charge in [0.25, 0.3) is 41.5 Å². The molecule has 12 fully saturated rings. The summed E-state index contributed by atoms with van der Waals surface area (Å²) in [5.41, 5.74) is 37.3. The molecule has 0 heterocycles. The lowest BCUT2D eigenvalue weighted by molar-refractivity contribution is -0.193. The highest BCUT2D eigenvalue weighted by atomic mass is 19.4. The van der Waals surface area contributed by atoms with Crippen molar-refractivity contribution < 1.29 is 125 Å². The normalized spacial score (nSPS) is 35.0. The summed E-state index contributed by atoms with van der Waals surface area (Å²) in [6.07, 6.45) is 27.9. The fourth-order valence-electron chi connectivity index (χ4n) is 24.6. The third-order valence-corrected chi connectivity index (χ3v) is 29.8. The summed E-state index contributed by atoms with van der Waals surface area (Å²) in [6, 6.07) is 3.56. The Kier molecular flexibility index (Phi) is 61.9. The number of hydrogen-bond acceptors (Lipinski definition) is 31. The molecule has 0 aromatic heterocycles. The Hall–Kier alpha value is -4.44. The zero-order valence-electron chi connectivity index (χ0n) is 76.8. The maximum absolute atomic E-state index is 13.9. The average molecular weight is 1820 g/mol. The minimum atomic E-state index is -4.13. The van der Waals surface area contributed by atoms with Gasteiger partial charge in [-0.3, -0.25) is 0 Å². The van der Waals surface area contributed by atoms with Gasteiger partial charge in [0, 0.05) is 67.0 Å². The van der Waals surface area contributed by atoms with Gasteiger partial charge in [0.1, 0.15) is 12.3 Å². The maximum atomic E-state index is 13.9. The van der Waals surface area contributed by atoms with E-state index in [0.29, 0.717) is 91.4 Å². The van der Waals surface area contributed by atoms with Crippen LogP contribution >= 0.6 is 0 Å². The molecule has 12 rings (SSSR count). The van der Waals surface area contributed by atoms with Gasteiger partial charge in [0.2, 0.25) is 0 Å². The second-order valence-corrected chi connectivity index (χ2v) is 39.0. The van der Waals surface area contributed by atoms with Gasteiger partial charge < -0.3 is 101 Å². The molecular weight excluding hydrogens is 1660 g/mol. The van der Waals surface area contributed by atoms with E-state index < -0.39 is 37.3 Å². The lowest BCUT2D eigenvalue weighted by Gasteiger charge is -2.25. The first-order valence-corrected chi connectivity index (χ1v) is 46.7. The Morgan fingerprint density at radius 1 is 0.354 bits per heavy atom. The van der Waals surface area contributed by atoms with E-state index in [0.717, 1.165) is 169 Å². The Labute approximate surface area is 752 Å². The number of halogens is 5. The molecule has 0 radical (unpaired) electrons. The fraction of sp³-hybridized carbons (Fsp3) is 0.929. The molecule has 0 spiro atoms. The summed E-state index contributed by atoms with van der Waals surface area (Å²) < 4.78 is 64.5. The van der Waals surface area contributed by atoms with E-state index in [-0.39, 0.29) is 139 Å². The number of aliphatic hydroxyl groups is 3. The number of alkyl halides is 5. The number of nitrogens with zero attached hydrogens (tertiary/aromatic N) is 1. The number of hydrogen-bond donors (Lipinski definition) is 18. The van der Waals surface area contributed by atoms with Gasteiger partial charge in [0.15, 0.2) is 0 Å². The fourth-order valence-corrected chi connectivity index (χ4v) is 24.6. The zero-order valence-corrected chi connectivity index (χ0v) is 76.8. The molecular formula is C85H157B6F5N10O21. The Morgan fingerprint density at radius 3 is 0.953 bits per heavy atom. The highest BCUT2D eigenvalue weighted by Crippen LogP contribution is 2.55. The molecule has 24 N–H and O–H groups in total. The lowest BCUT2D eigenvalue weighted by Crippen LogP contribution is -2.37. The molecule has 32 atom stereocenters. The zero-order chi connectivity index (χ0) is 96.5. The summed E-state index contributed by atoms with van der Waals surface area (Å²) in [7, 11) is 6.48. The SMILES string of the molecule is CB(O)CCCC1C(N)CC2C(F)C(O)CC12.CB(O)CCCC1C(N)CC2CC(N(C)C)CC21.CB(O)CCCC1C(N)CC2CC(NCC(F)(F)F)CC21.CB(O)CCCC1C(N)CC2CC(NCCO)CC21.CB(O)CCCC1C(N)CC2CC(O)C(F)C21.CNC1CC2CC(N)C(CCCB(C)O)C2C1.O=C=O.O=C=O.O=C=O.O=C=O.O=C=O.O=C=O. The summed E-state index contributed by atoms with van der Waals surface area (Å²) in [6.45, 7) is 9.66. The van der Waals surface area contributed by atoms with Crippen molar-refractivity contribution in [1.29, 1.82) is 0 Å². The first kappa shape index (κ1) is 121. The quantitative estimate of drug-likeness (QED) is 0.0332. The van der Waals surface area contributed by atoms with Gasteiger partial charge in [-0.15, -0.1) is 0 Å². The topological polar surface area (TPSA) is 582 Å². The van der Waals surface area contributed by atoms with Crippen molar-refractivity contribution in [3.63, 3.8) is 0 Å². The second kappa shape index (κ2) is 65.2. The van der Waals surface area contributed by atoms with E-state index in [1.54, 1.807) is 20.5 Å². The second-order valence-electron chi connectivity index (χ2n) is 39.0. The van der Waals surface area contributed by atoms with E-state index in [9.17, 15) is 62.3 Å². The van der Waals surface area contributed by atoms with Crippen LogP contribution < -0.4 is 50.4 Å². The molecule has 12 aliphatic rings. The molecule has 0 saturated heterocycles. The highest BCUT2D eigenvalue weighted by Gasteiger charge is 2.56. The largest absolute Gasteiger partial charge is 0.451 e. The first-order valence-electron chi connectivity index (χ1n) is 46.7. The van der Waals surface area contributed by atoms with Crippen molar-refractivity contribution in [1.82, 2.24) is 20.9 Å². The Morgan fingerprint density at radius 2 is 0.630 bits per heavy atom. The number of nitrogens with two attached hydrogens (primary N) is 6. The molecule has 42 heteroatoms. The van der Waals surface area contributed by atoms with Gasteiger partial charge in [-0.2, -0.15) is 70.7 Å². The van der Waals surface area contributed by atoms with Crippen LogP contribution in [-0.4, -0.2) is 261 Å². The molecule has 31 nitrogen and oxygen atoms in total. The minimum absolute atomic E-state index is 0.0200. The van der Waals surface area contributed by atoms with Gasteiger partial charge >= 0.3 is 43.1 Å². The average Bonchev–Trinajstić information content (AvgIpc) is 1.64. The van der Waals surface area contributed by atoms with Crippen LogP contribution in [0.1, 0.15) is 180 Å². The van der Waals surface area contributed by atoms with E-state index in [1.807, 2.05) is 20.5 Å². The lowest BCUT2D eigenvalue weighted by atomic mass is 9.66. The number of carbonyl (C=O) groups excluding carboxylic acids is 12. The maximum Gasteiger partial charge on any atom is 0.401 e. The van der Waals surface area contributed by atoms with Crippen LogP contribution in [0.4, 0.5) is 22.0 Å². The van der Waals surface area contributed by atoms with Crippen LogP contribution in [0.15, 0.2) is 0 Å². The predicted molar refractivity (Wildman–Crippen MR) is 471 cm³/mol. The predicted octanol–water partition coefficient (Wildman–Crippen LogP) is 4.63. The third-order valence-electron chi connectivity index (χ3n) is 29.8. The summed E-state index contributed by atoms with van der Waals surface area (Å²) in [5.74, 6) is 9.32. The number of nitrogens with one attached hydrogen (secondary N) is 3. The minimum Gasteiger partial charge on any atom is -0.451 e. The van der Waals surface area contributed by atoms with Crippen LogP contribution in [0.2, 0.25) is 78.9 Å². The van der Waals surface area contributed by atoms with E-state index in [4.69, 9.17) is 97.0 Å². The molecule has 12 saturated carbocycles. The molecule has 0 bridgehead atoms. The van der Waals surface area contributed by atoms with Crippen molar-refractivity contribution >= 4 is 78.4 Å². The summed E-state index contributed by atoms with van der Waals surface area (Å²) in [5, 5.41) is 93.3. The molecule has 12 aliphatic carbocycles. The van der Waals surface area contributed by atoms with Crippen molar-refractivity contribution in [3.8, 4) is 0 Å². The smallest absolute Gasteiger partial charge is 0.401 e. The van der Waals surface area contributed by atoms with Crippen LogP contribution in [0.3, 0.4) is 0 Å². The van der Waals surface area contributed by atoms with Crippen LogP contribution in [-0.2, 0) is 57.5 Å². The highest BCUT2D eigenvalue weighted by molar-refractivity contribution is 6.50. The number of aliphatic hydroxyl groups excluding tert-OH is 3. The Balaban J connectivity index is 0.000000733. The van der Waals surface area contributed by atoms with Crippen molar-refractivity contribution in [3.05, 3.63) is 0 Å². The van der Waals surface area contributed by atoms with Crippen molar-refractivity contribution in [2.24, 2.45) is 141 Å². The van der Waals surface area contributed by atoms with Crippen LogP contribution in [0.25, 0.3) is 0 Å². The number of fused-ring (bicyclic) bond motifs is 6. The summed E-state index contributed by atoms with van der Waals surface area (Å²) >= 11 is 0. The standard InChI is InChI=1S/C14H26BF3N2O.C14H29BN2O2.C14H29BN2O.C13H27BN2O.2C12H23BFNO2.6CO2/c1-15(21)4-2-3-11-12-7-10(20-8-14(16,17)18)5-9(12)6-13(11)19;1-15(19)4-2-3-12-13-9-11(17-5-6-18)7-10(13)8-14(12)16;1-15(18)6-4-5-12-13-9-11(17(2)3)7-10(13)8-14(12)16;1-14(17)5-3-4-11-12-8-10(16-2)6-9(12)7-13(11)15;1-13(17)4-2-3-8-9(15)5-7-6-10(16)12(14)11(7)8;1-13(17)4-2-3-7-8-6-11(16)12(14)9(8)5-10(7)15;6*2-1-3/h9-13,20-21H,2-8,19H2,1H3;10-14,17-19H,2-9,16H2,1H3;10-14,18H,4-9,16H2,1-3H3;9-13,16-17H,3-8,15H2,1-2H3;2*7-12,16-17H,2-6,15H2,1H3;;;;;;. The number of rotatable bonds is 31. The van der Waals surface area contributed by atoms with E-state index >= 15 is 0 Å². The van der Waals surface area contributed by atoms with E-state index in [2.05, 4.69) is 42.0 Å². The monoisotopic (exact) mass is 1820 g/mol. The van der Waals surface area contributed by atoms with Gasteiger partial charge in [-0.25, -0.2) is 8.78 Å². The van der Waals surface area contributed by atoms with Crippen molar-refractivity contribution in [2.75, 3.05) is 40.8 Å². The molecule has 0 aromatic rings. The molecule has 127 heavy (non-hydrogen) atoms. The van der Waals surface area contributed by atoms with Crippen LogP contribution in [0, 0.1) is 107 Å². The summed E-state index contributed by atoms with van der Waals surface area (Å²) in [4.78, 5) is 99.9. The van der Waals surface area contributed by atoms with Gasteiger partial charge in [-0.05, 0) is 307 Å². The first-order chi connectivity index (χ1) is 60.0. The van der Waals surface area contributed by atoms with E-state index in [1.165, 1.54) is 77.0 Å². The molecule has 0 amide bonds. The third kappa shape index (κ3) is 43.6. The van der Waals surface area contributed by atoms with Crippen molar-refractivity contribution in [2.45, 2.75) is 350 Å². The van der Waals surface area contributed by atoms with Gasteiger partial charge in [-0.1, -0.05) is 79.5 Å². The Bertz CT molecular complexity index is 3050. The molecule has 726 valence electrons. The molecule has 0 aliphatic heterocycles.